The summed E-state index contributed by atoms with van der Waals surface area (Å²) in [4.78, 5) is 12.2. The maximum Gasteiger partial charge on any atom is 0.271 e. The standard InChI is InChI=1S/C19H22N2O3/c1-12(16-10-9-15(22)11-17(16)23)20-21-18(24)13-5-7-14(8-6-13)19(2,3)4/h5-11,22-23H,1-4H3,(H,21,24)/b20-12-. The highest BCUT2D eigenvalue weighted by Crippen LogP contribution is 2.23. The summed E-state index contributed by atoms with van der Waals surface area (Å²) in [6, 6.07) is 11.6. The molecule has 0 heterocycles. The quantitative estimate of drug-likeness (QED) is 0.596. The largest absolute Gasteiger partial charge is 0.508 e. The first-order chi connectivity index (χ1) is 11.2. The second-order valence-corrected chi connectivity index (χ2v) is 6.67. The summed E-state index contributed by atoms with van der Waals surface area (Å²) in [5, 5.41) is 23.1. The van der Waals surface area contributed by atoms with Crippen molar-refractivity contribution < 1.29 is 15.0 Å². The average Bonchev–Trinajstić information content (AvgIpc) is 2.51. The number of nitrogens with one attached hydrogen (secondary N) is 1. The molecule has 2 rings (SSSR count). The molecule has 5 heteroatoms. The summed E-state index contributed by atoms with van der Waals surface area (Å²) >= 11 is 0. The Labute approximate surface area is 141 Å². The van der Waals surface area contributed by atoms with E-state index >= 15 is 0 Å². The van der Waals surface area contributed by atoms with Gasteiger partial charge in [0.05, 0.1) is 5.71 Å². The van der Waals surface area contributed by atoms with Gasteiger partial charge in [-0.2, -0.15) is 5.10 Å². The number of rotatable bonds is 3. The molecule has 2 aromatic rings. The minimum absolute atomic E-state index is 0.0279. The van der Waals surface area contributed by atoms with E-state index in [4.69, 9.17) is 0 Å². The van der Waals surface area contributed by atoms with Crippen molar-refractivity contribution in [3.63, 3.8) is 0 Å². The number of hydrogen-bond donors (Lipinski definition) is 3. The minimum atomic E-state index is -0.326. The summed E-state index contributed by atoms with van der Waals surface area (Å²) in [5.74, 6) is -0.458. The van der Waals surface area contributed by atoms with Crippen LogP contribution in [0.1, 0.15) is 49.2 Å². The van der Waals surface area contributed by atoms with Crippen LogP contribution in [0.15, 0.2) is 47.6 Å². The monoisotopic (exact) mass is 326 g/mol. The number of benzene rings is 2. The van der Waals surface area contributed by atoms with Crippen LogP contribution in [-0.2, 0) is 5.41 Å². The van der Waals surface area contributed by atoms with Gasteiger partial charge >= 0.3 is 0 Å². The van der Waals surface area contributed by atoms with Gasteiger partial charge in [-0.1, -0.05) is 32.9 Å². The van der Waals surface area contributed by atoms with Crippen molar-refractivity contribution in [1.82, 2.24) is 5.43 Å². The lowest BCUT2D eigenvalue weighted by molar-refractivity contribution is 0.0954. The van der Waals surface area contributed by atoms with Gasteiger partial charge in [-0.25, -0.2) is 5.43 Å². The molecule has 0 unspecified atom stereocenters. The van der Waals surface area contributed by atoms with E-state index in [1.807, 2.05) is 12.1 Å². The Bertz CT molecular complexity index is 772. The average molecular weight is 326 g/mol. The van der Waals surface area contributed by atoms with E-state index in [2.05, 4.69) is 31.3 Å². The van der Waals surface area contributed by atoms with Gasteiger partial charge in [-0.05, 0) is 42.2 Å². The lowest BCUT2D eigenvalue weighted by Gasteiger charge is -2.18. The third-order valence-corrected chi connectivity index (χ3v) is 3.71. The number of hydrogen-bond acceptors (Lipinski definition) is 4. The van der Waals surface area contributed by atoms with Gasteiger partial charge < -0.3 is 10.2 Å². The Kier molecular flexibility index (Phi) is 4.93. The van der Waals surface area contributed by atoms with Gasteiger partial charge in [-0.15, -0.1) is 0 Å². The summed E-state index contributed by atoms with van der Waals surface area (Å²) in [6.07, 6.45) is 0. The second-order valence-electron chi connectivity index (χ2n) is 6.67. The molecule has 0 saturated carbocycles. The van der Waals surface area contributed by atoms with E-state index in [1.165, 1.54) is 18.2 Å². The number of carbonyl (C=O) groups is 1. The fourth-order valence-corrected chi connectivity index (χ4v) is 2.21. The van der Waals surface area contributed by atoms with Gasteiger partial charge in [-0.3, -0.25) is 4.79 Å². The van der Waals surface area contributed by atoms with E-state index in [1.54, 1.807) is 19.1 Å². The van der Waals surface area contributed by atoms with Crippen LogP contribution in [0.25, 0.3) is 0 Å². The number of aromatic hydroxyl groups is 2. The highest BCUT2D eigenvalue weighted by atomic mass is 16.3. The second kappa shape index (κ2) is 6.74. The Morgan fingerprint density at radius 3 is 2.21 bits per heavy atom. The number of amides is 1. The Balaban J connectivity index is 2.11. The molecule has 0 aliphatic carbocycles. The van der Waals surface area contributed by atoms with Crippen molar-refractivity contribution in [2.75, 3.05) is 0 Å². The first-order valence-electron chi connectivity index (χ1n) is 7.66. The number of phenols is 2. The van der Waals surface area contributed by atoms with E-state index in [0.29, 0.717) is 16.8 Å². The molecule has 0 radical (unpaired) electrons. The van der Waals surface area contributed by atoms with Crippen molar-refractivity contribution in [3.05, 3.63) is 59.2 Å². The highest BCUT2D eigenvalue weighted by molar-refractivity contribution is 6.02. The van der Waals surface area contributed by atoms with Gasteiger partial charge in [0.2, 0.25) is 0 Å². The Morgan fingerprint density at radius 1 is 1.04 bits per heavy atom. The number of hydrazone groups is 1. The zero-order valence-corrected chi connectivity index (χ0v) is 14.3. The molecular weight excluding hydrogens is 304 g/mol. The van der Waals surface area contributed by atoms with Crippen LogP contribution < -0.4 is 5.43 Å². The van der Waals surface area contributed by atoms with E-state index < -0.39 is 0 Å². The zero-order valence-electron chi connectivity index (χ0n) is 14.3. The molecule has 1 amide bonds. The van der Waals surface area contributed by atoms with Gasteiger partial charge in [0.1, 0.15) is 11.5 Å². The van der Waals surface area contributed by atoms with Crippen LogP contribution in [0.2, 0.25) is 0 Å². The summed E-state index contributed by atoms with van der Waals surface area (Å²) in [6.45, 7) is 7.99. The molecular formula is C19H22N2O3. The lowest BCUT2D eigenvalue weighted by Crippen LogP contribution is -2.20. The highest BCUT2D eigenvalue weighted by Gasteiger charge is 2.14. The van der Waals surface area contributed by atoms with Crippen molar-refractivity contribution in [3.8, 4) is 11.5 Å². The van der Waals surface area contributed by atoms with Gasteiger partial charge in [0, 0.05) is 17.2 Å². The molecule has 0 bridgehead atoms. The predicted octanol–water partition coefficient (Wildman–Crippen LogP) is 3.55. The third-order valence-electron chi connectivity index (χ3n) is 3.71. The van der Waals surface area contributed by atoms with Crippen molar-refractivity contribution in [2.24, 2.45) is 5.10 Å². The third kappa shape index (κ3) is 4.13. The fraction of sp³-hybridized carbons (Fsp3) is 0.263. The van der Waals surface area contributed by atoms with Crippen LogP contribution in [0.5, 0.6) is 11.5 Å². The fourth-order valence-electron chi connectivity index (χ4n) is 2.21. The predicted molar refractivity (Wildman–Crippen MR) is 94.6 cm³/mol. The number of nitrogens with zero attached hydrogens (tertiary/aromatic N) is 1. The zero-order chi connectivity index (χ0) is 17.9. The van der Waals surface area contributed by atoms with Crippen LogP contribution in [-0.4, -0.2) is 21.8 Å². The van der Waals surface area contributed by atoms with Crippen molar-refractivity contribution >= 4 is 11.6 Å². The summed E-state index contributed by atoms with van der Waals surface area (Å²) < 4.78 is 0. The van der Waals surface area contributed by atoms with Crippen LogP contribution in [0, 0.1) is 0 Å². The smallest absolute Gasteiger partial charge is 0.271 e. The molecule has 0 aliphatic rings. The van der Waals surface area contributed by atoms with E-state index in [-0.39, 0.29) is 22.8 Å². The molecule has 0 spiro atoms. The summed E-state index contributed by atoms with van der Waals surface area (Å²) in [7, 11) is 0. The Hall–Kier alpha value is -2.82. The van der Waals surface area contributed by atoms with Crippen LogP contribution >= 0.6 is 0 Å². The SMILES string of the molecule is C/C(=N/NC(=O)c1ccc(C(C)(C)C)cc1)c1ccc(O)cc1O. The molecule has 24 heavy (non-hydrogen) atoms. The van der Waals surface area contributed by atoms with Crippen molar-refractivity contribution in [1.29, 1.82) is 0 Å². The molecule has 2 aromatic carbocycles. The summed E-state index contributed by atoms with van der Waals surface area (Å²) in [5.41, 5.74) is 5.03. The molecule has 0 saturated heterocycles. The molecule has 0 fully saturated rings. The van der Waals surface area contributed by atoms with Gasteiger partial charge in [0.25, 0.3) is 5.91 Å². The van der Waals surface area contributed by atoms with E-state index in [0.717, 1.165) is 5.56 Å². The van der Waals surface area contributed by atoms with Gasteiger partial charge in [0.15, 0.2) is 0 Å². The molecule has 0 aromatic heterocycles. The Morgan fingerprint density at radius 2 is 1.67 bits per heavy atom. The van der Waals surface area contributed by atoms with Crippen molar-refractivity contribution in [2.45, 2.75) is 33.1 Å². The first kappa shape index (κ1) is 17.5. The first-order valence-corrected chi connectivity index (χ1v) is 7.66. The molecule has 5 nitrogen and oxygen atoms in total. The molecule has 0 atom stereocenters. The number of phenolic OH excluding ortho intramolecular Hbond substituents is 2. The lowest BCUT2D eigenvalue weighted by atomic mass is 9.87. The van der Waals surface area contributed by atoms with Crippen LogP contribution in [0.3, 0.4) is 0 Å². The number of carbonyl (C=O) groups excluding carboxylic acids is 1. The van der Waals surface area contributed by atoms with E-state index in [9.17, 15) is 15.0 Å². The molecule has 0 aliphatic heterocycles. The maximum absolute atomic E-state index is 12.2. The van der Waals surface area contributed by atoms with Crippen LogP contribution in [0.4, 0.5) is 0 Å². The minimum Gasteiger partial charge on any atom is -0.508 e. The molecule has 126 valence electrons. The topological polar surface area (TPSA) is 81.9 Å². The maximum atomic E-state index is 12.2. The molecule has 3 N–H and O–H groups in total. The normalized spacial score (nSPS) is 12.1.